The Labute approximate surface area is 92.1 Å². The molecule has 15 heavy (non-hydrogen) atoms. The maximum absolute atomic E-state index is 10.0. The molecule has 0 bridgehead atoms. The normalized spacial score (nSPS) is 14.3. The lowest BCUT2D eigenvalue weighted by Crippen LogP contribution is -2.07. The van der Waals surface area contributed by atoms with Crippen LogP contribution in [0.4, 0.5) is 0 Å². The van der Waals surface area contributed by atoms with Crippen molar-refractivity contribution in [3.63, 3.8) is 0 Å². The molecule has 1 saturated carbocycles. The highest BCUT2D eigenvalue weighted by Crippen LogP contribution is 2.21. The van der Waals surface area contributed by atoms with E-state index < -0.39 is 0 Å². The standard InChI is InChI=1S/C6H10O.C4H9NO.CH4O/c7-5-6-3-1-2-4-6;1-5-3-2-4-6;1-2/h5-6H,1-4H2;4-5H,2-3H2,1H3;2H,1H3. The van der Waals surface area contributed by atoms with E-state index in [1.54, 1.807) is 0 Å². The Balaban J connectivity index is 0. The molecule has 0 saturated heterocycles. The molecule has 0 heterocycles. The quantitative estimate of drug-likeness (QED) is 0.539. The highest BCUT2D eigenvalue weighted by atomic mass is 16.2. The van der Waals surface area contributed by atoms with Crippen molar-refractivity contribution in [2.45, 2.75) is 32.1 Å². The first-order valence-corrected chi connectivity index (χ1v) is 5.33. The molecule has 1 fully saturated rings. The topological polar surface area (TPSA) is 66.4 Å². The Kier molecular flexibility index (Phi) is 17.5. The zero-order valence-electron chi connectivity index (χ0n) is 9.74. The Morgan fingerprint density at radius 1 is 1.27 bits per heavy atom. The summed E-state index contributed by atoms with van der Waals surface area (Å²) in [6.07, 6.45) is 7.43. The van der Waals surface area contributed by atoms with Gasteiger partial charge in [-0.2, -0.15) is 0 Å². The van der Waals surface area contributed by atoms with Crippen molar-refractivity contribution in [2.75, 3.05) is 20.7 Å². The van der Waals surface area contributed by atoms with Gasteiger partial charge < -0.3 is 20.0 Å². The minimum atomic E-state index is 0.417. The minimum Gasteiger partial charge on any atom is -0.400 e. The van der Waals surface area contributed by atoms with E-state index in [9.17, 15) is 9.59 Å². The van der Waals surface area contributed by atoms with Crippen molar-refractivity contribution in [3.05, 3.63) is 0 Å². The number of carbonyl (C=O) groups is 2. The number of nitrogens with one attached hydrogen (secondary N) is 1. The van der Waals surface area contributed by atoms with Crippen LogP contribution in [0.25, 0.3) is 0 Å². The van der Waals surface area contributed by atoms with E-state index in [0.717, 1.165) is 39.1 Å². The van der Waals surface area contributed by atoms with E-state index in [1.165, 1.54) is 12.8 Å². The summed E-state index contributed by atoms with van der Waals surface area (Å²) in [5.74, 6) is 0.417. The highest BCUT2D eigenvalue weighted by molar-refractivity contribution is 5.53. The Morgan fingerprint density at radius 2 is 1.80 bits per heavy atom. The number of rotatable bonds is 4. The highest BCUT2D eigenvalue weighted by Gasteiger charge is 2.12. The summed E-state index contributed by atoms with van der Waals surface area (Å²) in [7, 11) is 2.82. The summed E-state index contributed by atoms with van der Waals surface area (Å²) in [6.45, 7) is 0.795. The third-order valence-corrected chi connectivity index (χ3v) is 2.10. The van der Waals surface area contributed by atoms with Crippen LogP contribution in [0.1, 0.15) is 32.1 Å². The lowest BCUT2D eigenvalue weighted by molar-refractivity contribution is -0.111. The minimum absolute atomic E-state index is 0.417. The van der Waals surface area contributed by atoms with E-state index in [2.05, 4.69) is 5.32 Å². The molecular weight excluding hydrogens is 194 g/mol. The van der Waals surface area contributed by atoms with Crippen LogP contribution in [0.2, 0.25) is 0 Å². The zero-order valence-corrected chi connectivity index (χ0v) is 9.74. The lowest BCUT2D eigenvalue weighted by Gasteiger charge is -1.90. The van der Waals surface area contributed by atoms with Crippen molar-refractivity contribution in [3.8, 4) is 0 Å². The molecule has 2 N–H and O–H groups in total. The number of hydrogen-bond acceptors (Lipinski definition) is 4. The Morgan fingerprint density at radius 3 is 2.00 bits per heavy atom. The van der Waals surface area contributed by atoms with Crippen LogP contribution in [0.5, 0.6) is 0 Å². The molecule has 0 atom stereocenters. The summed E-state index contributed by atoms with van der Waals surface area (Å²) in [4.78, 5) is 19.5. The second-order valence-electron chi connectivity index (χ2n) is 3.24. The molecule has 1 aliphatic rings. The first-order valence-electron chi connectivity index (χ1n) is 5.33. The fourth-order valence-corrected chi connectivity index (χ4v) is 1.30. The van der Waals surface area contributed by atoms with E-state index in [1.807, 2.05) is 7.05 Å². The molecule has 0 aromatic heterocycles. The lowest BCUT2D eigenvalue weighted by atomic mass is 10.1. The average Bonchev–Trinajstić information content (AvgIpc) is 2.83. The van der Waals surface area contributed by atoms with Crippen LogP contribution in [0.3, 0.4) is 0 Å². The van der Waals surface area contributed by atoms with Crippen LogP contribution in [0, 0.1) is 5.92 Å². The van der Waals surface area contributed by atoms with Gasteiger partial charge in [-0.25, -0.2) is 0 Å². The van der Waals surface area contributed by atoms with Crippen LogP contribution in [-0.2, 0) is 9.59 Å². The number of hydrogen-bond donors (Lipinski definition) is 2. The van der Waals surface area contributed by atoms with E-state index in [-0.39, 0.29) is 0 Å². The molecule has 0 unspecified atom stereocenters. The van der Waals surface area contributed by atoms with Gasteiger partial charge in [0.15, 0.2) is 0 Å². The first kappa shape index (κ1) is 16.7. The van der Waals surface area contributed by atoms with Crippen LogP contribution in [0.15, 0.2) is 0 Å². The van der Waals surface area contributed by atoms with Gasteiger partial charge in [0, 0.05) is 26.0 Å². The summed E-state index contributed by atoms with van der Waals surface area (Å²) < 4.78 is 0. The van der Waals surface area contributed by atoms with Crippen molar-refractivity contribution >= 4 is 12.6 Å². The maximum Gasteiger partial charge on any atom is 0.123 e. The van der Waals surface area contributed by atoms with Crippen molar-refractivity contribution in [1.82, 2.24) is 5.32 Å². The second-order valence-corrected chi connectivity index (χ2v) is 3.24. The van der Waals surface area contributed by atoms with Gasteiger partial charge in [0.25, 0.3) is 0 Å². The van der Waals surface area contributed by atoms with E-state index >= 15 is 0 Å². The van der Waals surface area contributed by atoms with Crippen LogP contribution in [-0.4, -0.2) is 38.4 Å². The van der Waals surface area contributed by atoms with Crippen LogP contribution >= 0.6 is 0 Å². The smallest absolute Gasteiger partial charge is 0.123 e. The Bertz CT molecular complexity index is 134. The van der Waals surface area contributed by atoms with Gasteiger partial charge in [-0.15, -0.1) is 0 Å². The van der Waals surface area contributed by atoms with Crippen molar-refractivity contribution in [1.29, 1.82) is 0 Å². The maximum atomic E-state index is 10.0. The Hall–Kier alpha value is -0.740. The molecule has 0 spiro atoms. The molecule has 0 aromatic rings. The van der Waals surface area contributed by atoms with Gasteiger partial charge in [-0.1, -0.05) is 12.8 Å². The SMILES string of the molecule is CNCCC=O.CO.O=CC1CCCC1. The van der Waals surface area contributed by atoms with Gasteiger partial charge >= 0.3 is 0 Å². The van der Waals surface area contributed by atoms with Crippen molar-refractivity contribution < 1.29 is 14.7 Å². The van der Waals surface area contributed by atoms with Crippen molar-refractivity contribution in [2.24, 2.45) is 5.92 Å². The van der Waals surface area contributed by atoms with Gasteiger partial charge in [0.1, 0.15) is 12.6 Å². The van der Waals surface area contributed by atoms with Crippen LogP contribution < -0.4 is 5.32 Å². The number of carbonyl (C=O) groups excluding carboxylic acids is 2. The van der Waals surface area contributed by atoms with Gasteiger partial charge in [0.2, 0.25) is 0 Å². The average molecular weight is 217 g/mol. The molecule has 1 aliphatic carbocycles. The number of aliphatic hydroxyl groups is 1. The van der Waals surface area contributed by atoms with E-state index in [0.29, 0.717) is 12.3 Å². The van der Waals surface area contributed by atoms with Gasteiger partial charge in [-0.3, -0.25) is 0 Å². The molecule has 0 radical (unpaired) electrons. The number of aldehydes is 2. The largest absolute Gasteiger partial charge is 0.400 e. The molecule has 0 aromatic carbocycles. The first-order chi connectivity index (χ1) is 7.35. The number of aliphatic hydroxyl groups excluding tert-OH is 1. The molecule has 0 aliphatic heterocycles. The fourth-order valence-electron chi connectivity index (χ4n) is 1.30. The third kappa shape index (κ3) is 13.3. The summed E-state index contributed by atoms with van der Waals surface area (Å²) in [5.41, 5.74) is 0. The molecule has 0 amide bonds. The molecule has 1 rings (SSSR count). The molecule has 4 heteroatoms. The summed E-state index contributed by atoms with van der Waals surface area (Å²) in [6, 6.07) is 0. The molecular formula is C11H23NO3. The monoisotopic (exact) mass is 217 g/mol. The predicted octanol–water partition coefficient (Wildman–Crippen LogP) is 0.779. The van der Waals surface area contributed by atoms with Gasteiger partial charge in [-0.05, 0) is 19.9 Å². The fraction of sp³-hybridized carbons (Fsp3) is 0.818. The predicted molar refractivity (Wildman–Crippen MR) is 60.8 cm³/mol. The summed E-state index contributed by atoms with van der Waals surface area (Å²) in [5, 5.41) is 9.84. The van der Waals surface area contributed by atoms with Gasteiger partial charge in [0.05, 0.1) is 0 Å². The third-order valence-electron chi connectivity index (χ3n) is 2.10. The molecule has 90 valence electrons. The summed E-state index contributed by atoms with van der Waals surface area (Å²) >= 11 is 0. The van der Waals surface area contributed by atoms with E-state index in [4.69, 9.17) is 5.11 Å². The second kappa shape index (κ2) is 15.7. The molecule has 4 nitrogen and oxygen atoms in total. The zero-order chi connectivity index (χ0) is 11.9.